The molecule has 11 heteroatoms. The van der Waals surface area contributed by atoms with Crippen LogP contribution in [0.1, 0.15) is 53.5 Å². The number of hydrogen-bond donors (Lipinski definition) is 4. The van der Waals surface area contributed by atoms with Gasteiger partial charge in [0.15, 0.2) is 5.60 Å². The highest BCUT2D eigenvalue weighted by molar-refractivity contribution is 5.81. The van der Waals surface area contributed by atoms with Crippen LogP contribution < -0.4 is 25.4 Å². The van der Waals surface area contributed by atoms with Crippen molar-refractivity contribution in [2.45, 2.75) is 78.2 Å². The molecule has 2 aromatic carbocycles. The van der Waals surface area contributed by atoms with Crippen molar-refractivity contribution in [3.8, 4) is 11.5 Å². The highest BCUT2D eigenvalue weighted by Crippen LogP contribution is 2.31. The number of carboxylic acids is 1. The lowest BCUT2D eigenvalue weighted by Crippen LogP contribution is -2.54. The molecule has 2 rings (SSSR count). The van der Waals surface area contributed by atoms with Crippen molar-refractivity contribution in [2.75, 3.05) is 25.5 Å². The molecule has 0 aliphatic carbocycles. The van der Waals surface area contributed by atoms with E-state index in [0.717, 1.165) is 0 Å². The Morgan fingerprint density at radius 2 is 1.63 bits per heavy atom. The number of aliphatic carboxylic acids is 1. The number of rotatable bonds is 15. The Morgan fingerprint density at radius 1 is 1.00 bits per heavy atom. The van der Waals surface area contributed by atoms with Crippen molar-refractivity contribution >= 4 is 17.6 Å². The third kappa shape index (κ3) is 12.3. The number of benzene rings is 2. The summed E-state index contributed by atoms with van der Waals surface area (Å²) >= 11 is 0. The molecule has 2 atom stereocenters. The van der Waals surface area contributed by atoms with E-state index in [9.17, 15) is 27.9 Å². The quantitative estimate of drug-likeness (QED) is 0.200. The first-order valence-electron chi connectivity index (χ1n) is 13.7. The molecule has 0 bridgehead atoms. The SMILES string of the molecule is CC.COc1cc(OC(C)(C)C(=O)O)ccc1NCCNC(=O)C(CC(C)C)NC(Cc1ccccc1)C(F)(F)F. The molecule has 0 aliphatic heterocycles. The molecule has 0 radical (unpaired) electrons. The van der Waals surface area contributed by atoms with Crippen LogP contribution in [0.4, 0.5) is 18.9 Å². The summed E-state index contributed by atoms with van der Waals surface area (Å²) in [6.07, 6.45) is -4.57. The minimum Gasteiger partial charge on any atom is -0.494 e. The lowest BCUT2D eigenvalue weighted by molar-refractivity contribution is -0.159. The number of halogens is 3. The van der Waals surface area contributed by atoms with Gasteiger partial charge in [0.25, 0.3) is 0 Å². The number of carboxylic acid groups (broad SMARTS) is 1. The van der Waals surface area contributed by atoms with E-state index in [2.05, 4.69) is 16.0 Å². The molecule has 0 spiro atoms. The molecule has 0 heterocycles. The van der Waals surface area contributed by atoms with E-state index in [1.54, 1.807) is 42.5 Å². The Morgan fingerprint density at radius 3 is 2.17 bits per heavy atom. The highest BCUT2D eigenvalue weighted by Gasteiger charge is 2.41. The van der Waals surface area contributed by atoms with Crippen LogP contribution in [-0.4, -0.2) is 61.0 Å². The standard InChI is InChI=1S/C28H38F3N3O5.C2H6/c1-18(2)15-22(34-24(28(29,30)31)16-19-9-7-6-8-10-19)25(35)33-14-13-32-21-12-11-20(17-23(21)38-5)39-27(3,4)26(36)37;1-2/h6-12,17-18,22,24,32,34H,13-16H2,1-5H3,(H,33,35)(H,36,37);1-2H3. The van der Waals surface area contributed by atoms with E-state index in [1.807, 2.05) is 27.7 Å². The number of carbonyl (C=O) groups excluding carboxylic acids is 1. The van der Waals surface area contributed by atoms with Gasteiger partial charge in [-0.25, -0.2) is 4.79 Å². The van der Waals surface area contributed by atoms with E-state index in [0.29, 0.717) is 22.7 Å². The Balaban J connectivity index is 0.00000411. The van der Waals surface area contributed by atoms with E-state index < -0.39 is 35.7 Å². The van der Waals surface area contributed by atoms with E-state index in [-0.39, 0.29) is 31.8 Å². The van der Waals surface area contributed by atoms with Crippen molar-refractivity contribution in [1.29, 1.82) is 0 Å². The van der Waals surface area contributed by atoms with Crippen molar-refractivity contribution in [2.24, 2.45) is 5.92 Å². The Bertz CT molecular complexity index is 1080. The minimum absolute atomic E-state index is 0.00640. The number of ether oxygens (including phenoxy) is 2. The topological polar surface area (TPSA) is 109 Å². The van der Waals surface area contributed by atoms with Gasteiger partial charge in [0, 0.05) is 19.2 Å². The Kier molecular flexibility index (Phi) is 14.5. The summed E-state index contributed by atoms with van der Waals surface area (Å²) in [4.78, 5) is 24.2. The van der Waals surface area contributed by atoms with Gasteiger partial charge >= 0.3 is 12.1 Å². The van der Waals surface area contributed by atoms with Gasteiger partial charge in [-0.3, -0.25) is 10.1 Å². The Hall–Kier alpha value is -3.47. The lowest BCUT2D eigenvalue weighted by Gasteiger charge is -2.28. The maximum absolute atomic E-state index is 13.8. The third-order valence-electron chi connectivity index (χ3n) is 5.90. The number of hydrogen-bond acceptors (Lipinski definition) is 6. The molecule has 230 valence electrons. The second kappa shape index (κ2) is 16.7. The minimum atomic E-state index is -4.53. The lowest BCUT2D eigenvalue weighted by atomic mass is 9.99. The predicted octanol–water partition coefficient (Wildman–Crippen LogP) is 5.67. The summed E-state index contributed by atoms with van der Waals surface area (Å²) in [5.74, 6) is -0.942. The average molecular weight is 584 g/mol. The van der Waals surface area contributed by atoms with Gasteiger partial charge in [-0.1, -0.05) is 58.0 Å². The number of carbonyl (C=O) groups is 2. The van der Waals surface area contributed by atoms with E-state index in [1.165, 1.54) is 27.0 Å². The smallest absolute Gasteiger partial charge is 0.404 e. The van der Waals surface area contributed by atoms with Gasteiger partial charge < -0.3 is 25.2 Å². The second-order valence-corrected chi connectivity index (χ2v) is 10.1. The fraction of sp³-hybridized carbons (Fsp3) is 0.533. The summed E-state index contributed by atoms with van der Waals surface area (Å²) < 4.78 is 52.4. The van der Waals surface area contributed by atoms with Gasteiger partial charge in [-0.05, 0) is 50.3 Å². The van der Waals surface area contributed by atoms with Crippen molar-refractivity contribution < 1.29 is 37.3 Å². The van der Waals surface area contributed by atoms with Crippen LogP contribution >= 0.6 is 0 Å². The molecule has 0 aliphatic rings. The van der Waals surface area contributed by atoms with Crippen LogP contribution in [-0.2, 0) is 16.0 Å². The molecule has 41 heavy (non-hydrogen) atoms. The molecular formula is C30H44F3N3O5. The average Bonchev–Trinajstić information content (AvgIpc) is 2.91. The zero-order chi connectivity index (χ0) is 31.2. The zero-order valence-electron chi connectivity index (χ0n) is 24.9. The van der Waals surface area contributed by atoms with Crippen molar-refractivity contribution in [3.05, 3.63) is 54.1 Å². The van der Waals surface area contributed by atoms with Crippen LogP contribution in [0.15, 0.2) is 48.5 Å². The van der Waals surface area contributed by atoms with Crippen LogP contribution in [0.25, 0.3) is 0 Å². The normalized spacial score (nSPS) is 13.0. The number of nitrogens with one attached hydrogen (secondary N) is 3. The van der Waals surface area contributed by atoms with Crippen LogP contribution in [0, 0.1) is 5.92 Å². The summed E-state index contributed by atoms with van der Waals surface area (Å²) in [7, 11) is 1.45. The predicted molar refractivity (Wildman–Crippen MR) is 155 cm³/mol. The molecule has 1 amide bonds. The van der Waals surface area contributed by atoms with Gasteiger partial charge in [0.1, 0.15) is 17.5 Å². The Labute approximate surface area is 241 Å². The second-order valence-electron chi connectivity index (χ2n) is 10.1. The fourth-order valence-electron chi connectivity index (χ4n) is 3.81. The van der Waals surface area contributed by atoms with Gasteiger partial charge in [-0.2, -0.15) is 13.2 Å². The van der Waals surface area contributed by atoms with Crippen LogP contribution in [0.3, 0.4) is 0 Å². The van der Waals surface area contributed by atoms with Crippen LogP contribution in [0.5, 0.6) is 11.5 Å². The summed E-state index contributed by atoms with van der Waals surface area (Å²) in [5, 5.41) is 17.6. The first-order valence-corrected chi connectivity index (χ1v) is 13.7. The maximum atomic E-state index is 13.8. The molecule has 4 N–H and O–H groups in total. The molecule has 8 nitrogen and oxygen atoms in total. The molecule has 0 saturated heterocycles. The largest absolute Gasteiger partial charge is 0.494 e. The molecule has 0 saturated carbocycles. The van der Waals surface area contributed by atoms with Crippen LogP contribution in [0.2, 0.25) is 0 Å². The van der Waals surface area contributed by atoms with E-state index >= 15 is 0 Å². The summed E-state index contributed by atoms with van der Waals surface area (Å²) in [5.41, 5.74) is -0.335. The number of amides is 1. The molecule has 0 aromatic heterocycles. The van der Waals surface area contributed by atoms with Gasteiger partial charge in [0.2, 0.25) is 5.91 Å². The van der Waals surface area contributed by atoms with E-state index in [4.69, 9.17) is 9.47 Å². The first kappa shape index (κ1) is 35.6. The van der Waals surface area contributed by atoms with Crippen molar-refractivity contribution in [3.63, 3.8) is 0 Å². The molecular weight excluding hydrogens is 539 g/mol. The van der Waals surface area contributed by atoms with Crippen molar-refractivity contribution in [1.82, 2.24) is 10.6 Å². The molecule has 2 aromatic rings. The summed E-state index contributed by atoms with van der Waals surface area (Å²) in [6, 6.07) is 10.2. The number of methoxy groups -OCH3 is 1. The fourth-order valence-corrected chi connectivity index (χ4v) is 3.81. The van der Waals surface area contributed by atoms with Gasteiger partial charge in [0.05, 0.1) is 18.8 Å². The zero-order valence-corrected chi connectivity index (χ0v) is 24.9. The first-order chi connectivity index (χ1) is 19.2. The third-order valence-corrected chi connectivity index (χ3v) is 5.90. The number of anilines is 1. The molecule has 2 unspecified atom stereocenters. The molecule has 0 fully saturated rings. The van der Waals surface area contributed by atoms with Gasteiger partial charge in [-0.15, -0.1) is 0 Å². The monoisotopic (exact) mass is 583 g/mol. The summed E-state index contributed by atoms with van der Waals surface area (Å²) in [6.45, 7) is 11.0. The number of alkyl halides is 3. The highest BCUT2D eigenvalue weighted by atomic mass is 19.4. The maximum Gasteiger partial charge on any atom is 0.404 e.